The normalized spacial score (nSPS) is 24.7. The summed E-state index contributed by atoms with van der Waals surface area (Å²) in [5.41, 5.74) is 0. The third-order valence-electron chi connectivity index (χ3n) is 3.41. The molecule has 2 aliphatic heterocycles. The lowest BCUT2D eigenvalue weighted by Gasteiger charge is -2.32. The Kier molecular flexibility index (Phi) is 4.18. The van der Waals surface area contributed by atoms with Crippen molar-refractivity contribution in [2.75, 3.05) is 26.3 Å². The lowest BCUT2D eigenvalue weighted by Crippen LogP contribution is -2.54. The Balaban J connectivity index is 1.79. The van der Waals surface area contributed by atoms with E-state index in [1.165, 1.54) is 12.8 Å². The van der Waals surface area contributed by atoms with Gasteiger partial charge in [0, 0.05) is 13.1 Å². The van der Waals surface area contributed by atoms with Crippen molar-refractivity contribution in [2.24, 2.45) is 0 Å². The highest BCUT2D eigenvalue weighted by molar-refractivity contribution is 5.81. The summed E-state index contributed by atoms with van der Waals surface area (Å²) in [6.45, 7) is 5.33. The van der Waals surface area contributed by atoms with E-state index >= 15 is 0 Å². The number of carbonyl (C=O) groups is 1. The van der Waals surface area contributed by atoms with E-state index in [-0.39, 0.29) is 11.9 Å². The van der Waals surface area contributed by atoms with Crippen LogP contribution < -0.4 is 5.32 Å². The zero-order valence-electron chi connectivity index (χ0n) is 10.1. The molecule has 0 aliphatic carbocycles. The first kappa shape index (κ1) is 11.9. The molecule has 1 N–H and O–H groups in total. The highest BCUT2D eigenvalue weighted by atomic mass is 16.5. The highest BCUT2D eigenvalue weighted by Crippen LogP contribution is 2.11. The number of ether oxygens (including phenoxy) is 1. The fourth-order valence-corrected chi connectivity index (χ4v) is 2.32. The van der Waals surface area contributed by atoms with Crippen molar-refractivity contribution in [2.45, 2.75) is 44.7 Å². The largest absolute Gasteiger partial charge is 0.378 e. The van der Waals surface area contributed by atoms with E-state index in [0.29, 0.717) is 6.04 Å². The molecule has 1 amide bonds. The van der Waals surface area contributed by atoms with Gasteiger partial charge in [0.15, 0.2) is 0 Å². The predicted molar refractivity (Wildman–Crippen MR) is 62.3 cm³/mol. The van der Waals surface area contributed by atoms with Crippen molar-refractivity contribution < 1.29 is 9.53 Å². The molecule has 0 saturated carbocycles. The monoisotopic (exact) mass is 226 g/mol. The number of carbonyl (C=O) groups excluding carboxylic acids is 1. The smallest absolute Gasteiger partial charge is 0.239 e. The van der Waals surface area contributed by atoms with E-state index < -0.39 is 0 Å². The average Bonchev–Trinajstić information content (AvgIpc) is 2.50. The summed E-state index contributed by atoms with van der Waals surface area (Å²) in [6, 6.07) is 0.318. The van der Waals surface area contributed by atoms with Crippen molar-refractivity contribution in [3.05, 3.63) is 0 Å². The molecule has 0 spiro atoms. The molecule has 2 fully saturated rings. The number of amides is 1. The predicted octanol–water partition coefficient (Wildman–Crippen LogP) is 0.766. The van der Waals surface area contributed by atoms with Crippen LogP contribution in [0.4, 0.5) is 0 Å². The van der Waals surface area contributed by atoms with Crippen LogP contribution in [0.2, 0.25) is 0 Å². The van der Waals surface area contributed by atoms with Crippen LogP contribution in [-0.4, -0.2) is 49.2 Å². The Hall–Kier alpha value is -0.610. The molecular formula is C12H22N2O2. The van der Waals surface area contributed by atoms with Crippen LogP contribution in [0.1, 0.15) is 32.6 Å². The average molecular weight is 226 g/mol. The van der Waals surface area contributed by atoms with Crippen molar-refractivity contribution in [1.82, 2.24) is 10.2 Å². The molecule has 2 saturated heterocycles. The molecule has 16 heavy (non-hydrogen) atoms. The van der Waals surface area contributed by atoms with E-state index in [2.05, 4.69) is 5.32 Å². The van der Waals surface area contributed by atoms with Gasteiger partial charge in [-0.1, -0.05) is 12.8 Å². The fraction of sp³-hybridized carbons (Fsp3) is 0.917. The molecule has 4 heteroatoms. The Morgan fingerprint density at radius 2 is 1.88 bits per heavy atom. The van der Waals surface area contributed by atoms with Gasteiger partial charge in [-0.15, -0.1) is 0 Å². The van der Waals surface area contributed by atoms with E-state index in [9.17, 15) is 4.79 Å². The summed E-state index contributed by atoms with van der Waals surface area (Å²) in [5.74, 6) is 0.258. The van der Waals surface area contributed by atoms with Gasteiger partial charge in [-0.05, 0) is 19.8 Å². The van der Waals surface area contributed by atoms with Crippen molar-refractivity contribution in [3.8, 4) is 0 Å². The molecule has 2 aliphatic rings. The zero-order valence-corrected chi connectivity index (χ0v) is 10.1. The van der Waals surface area contributed by atoms with Gasteiger partial charge in [-0.2, -0.15) is 0 Å². The SMILES string of the molecule is CC(NC1COC1)C(=O)N1CCCCCC1. The first-order valence-electron chi connectivity index (χ1n) is 6.40. The van der Waals surface area contributed by atoms with Gasteiger partial charge >= 0.3 is 0 Å². The summed E-state index contributed by atoms with van der Waals surface area (Å²) in [7, 11) is 0. The first-order valence-corrected chi connectivity index (χ1v) is 6.40. The Morgan fingerprint density at radius 3 is 2.38 bits per heavy atom. The van der Waals surface area contributed by atoms with E-state index in [0.717, 1.165) is 39.1 Å². The van der Waals surface area contributed by atoms with Crippen LogP contribution in [0.3, 0.4) is 0 Å². The van der Waals surface area contributed by atoms with Gasteiger partial charge < -0.3 is 9.64 Å². The third-order valence-corrected chi connectivity index (χ3v) is 3.41. The number of hydrogen-bond donors (Lipinski definition) is 1. The Bertz CT molecular complexity index is 233. The van der Waals surface area contributed by atoms with Gasteiger partial charge in [0.25, 0.3) is 0 Å². The quantitative estimate of drug-likeness (QED) is 0.772. The lowest BCUT2D eigenvalue weighted by atomic mass is 10.2. The summed E-state index contributed by atoms with van der Waals surface area (Å²) in [4.78, 5) is 14.2. The molecule has 0 radical (unpaired) electrons. The van der Waals surface area contributed by atoms with Gasteiger partial charge in [-0.3, -0.25) is 10.1 Å². The van der Waals surface area contributed by atoms with Crippen molar-refractivity contribution >= 4 is 5.91 Å². The number of nitrogens with zero attached hydrogens (tertiary/aromatic N) is 1. The molecule has 2 heterocycles. The Morgan fingerprint density at radius 1 is 1.25 bits per heavy atom. The minimum Gasteiger partial charge on any atom is -0.378 e. The van der Waals surface area contributed by atoms with E-state index in [1.54, 1.807) is 0 Å². The fourth-order valence-electron chi connectivity index (χ4n) is 2.32. The maximum atomic E-state index is 12.1. The molecule has 0 aromatic rings. The van der Waals surface area contributed by atoms with Crippen LogP contribution in [-0.2, 0) is 9.53 Å². The van der Waals surface area contributed by atoms with Gasteiger partial charge in [0.1, 0.15) is 0 Å². The van der Waals surface area contributed by atoms with E-state index in [1.807, 2.05) is 11.8 Å². The standard InChI is InChI=1S/C12H22N2O2/c1-10(13-11-8-16-9-11)12(15)14-6-4-2-3-5-7-14/h10-11,13H,2-9H2,1H3. The van der Waals surface area contributed by atoms with E-state index in [4.69, 9.17) is 4.74 Å². The maximum Gasteiger partial charge on any atom is 0.239 e. The zero-order chi connectivity index (χ0) is 11.4. The number of hydrogen-bond acceptors (Lipinski definition) is 3. The van der Waals surface area contributed by atoms with Crippen LogP contribution in [0.25, 0.3) is 0 Å². The molecule has 0 aromatic heterocycles. The maximum absolute atomic E-state index is 12.1. The molecular weight excluding hydrogens is 204 g/mol. The van der Waals surface area contributed by atoms with Gasteiger partial charge in [0.05, 0.1) is 25.3 Å². The molecule has 92 valence electrons. The topological polar surface area (TPSA) is 41.6 Å². The summed E-state index contributed by atoms with van der Waals surface area (Å²) in [5, 5.41) is 3.32. The first-order chi connectivity index (χ1) is 7.77. The molecule has 2 rings (SSSR count). The number of likely N-dealkylation sites (tertiary alicyclic amines) is 1. The molecule has 1 unspecified atom stereocenters. The summed E-state index contributed by atoms with van der Waals surface area (Å²) < 4.78 is 5.09. The van der Waals surface area contributed by atoms with Crippen LogP contribution in [0.15, 0.2) is 0 Å². The van der Waals surface area contributed by atoms with Crippen LogP contribution in [0.5, 0.6) is 0 Å². The second kappa shape index (κ2) is 5.64. The lowest BCUT2D eigenvalue weighted by molar-refractivity contribution is -0.134. The summed E-state index contributed by atoms with van der Waals surface area (Å²) >= 11 is 0. The third kappa shape index (κ3) is 2.95. The highest BCUT2D eigenvalue weighted by Gasteiger charge is 2.26. The van der Waals surface area contributed by atoms with Gasteiger partial charge in [0.2, 0.25) is 5.91 Å². The molecule has 1 atom stereocenters. The second-order valence-electron chi connectivity index (χ2n) is 4.86. The Labute approximate surface area is 97.3 Å². The van der Waals surface area contributed by atoms with Crippen LogP contribution in [0, 0.1) is 0 Å². The molecule has 0 aromatic carbocycles. The number of nitrogens with one attached hydrogen (secondary N) is 1. The van der Waals surface area contributed by atoms with Crippen LogP contribution >= 0.6 is 0 Å². The van der Waals surface area contributed by atoms with Crippen molar-refractivity contribution in [1.29, 1.82) is 0 Å². The molecule has 0 bridgehead atoms. The second-order valence-corrected chi connectivity index (χ2v) is 4.86. The summed E-state index contributed by atoms with van der Waals surface area (Å²) in [6.07, 6.45) is 4.85. The van der Waals surface area contributed by atoms with Gasteiger partial charge in [-0.25, -0.2) is 0 Å². The minimum atomic E-state index is -0.0630. The van der Waals surface area contributed by atoms with Crippen molar-refractivity contribution in [3.63, 3.8) is 0 Å². The minimum absolute atomic E-state index is 0.0630. The molecule has 4 nitrogen and oxygen atoms in total. The number of rotatable bonds is 3.